The third kappa shape index (κ3) is 5.29. The molecule has 0 aromatic heterocycles. The first-order valence-corrected chi connectivity index (χ1v) is 14.5. The van der Waals surface area contributed by atoms with Crippen molar-refractivity contribution in [3.05, 3.63) is 158 Å². The highest BCUT2D eigenvalue weighted by atomic mass is 16.5. The topological polar surface area (TPSA) is 15.7 Å². The number of fused-ring (bicyclic) bond motifs is 2. The molecule has 0 bridgehead atoms. The van der Waals surface area contributed by atoms with Crippen molar-refractivity contribution in [2.75, 3.05) is 24.0 Å². The molecule has 0 heterocycles. The van der Waals surface area contributed by atoms with Crippen molar-refractivity contribution in [2.45, 2.75) is 0 Å². The van der Waals surface area contributed by atoms with Gasteiger partial charge in [0.1, 0.15) is 5.75 Å². The fourth-order valence-electron chi connectivity index (χ4n) is 5.71. The molecule has 7 aromatic carbocycles. The lowest BCUT2D eigenvalue weighted by Gasteiger charge is -2.26. The van der Waals surface area contributed by atoms with E-state index >= 15 is 0 Å². The largest absolute Gasteiger partial charge is 0.497 e. The predicted octanol–water partition coefficient (Wildman–Crippen LogP) is 10.9. The van der Waals surface area contributed by atoms with Crippen LogP contribution in [0.4, 0.5) is 28.4 Å². The van der Waals surface area contributed by atoms with Crippen LogP contribution in [-0.2, 0) is 0 Å². The quantitative estimate of drug-likeness (QED) is 0.194. The van der Waals surface area contributed by atoms with Crippen LogP contribution >= 0.6 is 0 Å². The highest BCUT2D eigenvalue weighted by molar-refractivity contribution is 5.92. The Labute approximate surface area is 252 Å². The summed E-state index contributed by atoms with van der Waals surface area (Å²) in [5.41, 5.74) is 7.98. The highest BCUT2D eigenvalue weighted by Gasteiger charge is 2.14. The van der Waals surface area contributed by atoms with Gasteiger partial charge >= 0.3 is 0 Å². The van der Waals surface area contributed by atoms with E-state index in [-0.39, 0.29) is 0 Å². The molecular weight excluding hydrogens is 524 g/mol. The van der Waals surface area contributed by atoms with Gasteiger partial charge in [0, 0.05) is 35.5 Å². The van der Waals surface area contributed by atoms with Gasteiger partial charge in [-0.25, -0.2) is 0 Å². The van der Waals surface area contributed by atoms with Crippen molar-refractivity contribution in [1.82, 2.24) is 0 Å². The summed E-state index contributed by atoms with van der Waals surface area (Å²) in [6, 6.07) is 56.1. The van der Waals surface area contributed by atoms with Crippen LogP contribution in [-0.4, -0.2) is 14.2 Å². The Balaban J connectivity index is 1.21. The van der Waals surface area contributed by atoms with E-state index in [1.54, 1.807) is 7.11 Å². The van der Waals surface area contributed by atoms with E-state index in [1.165, 1.54) is 32.7 Å². The summed E-state index contributed by atoms with van der Waals surface area (Å²) in [5, 5.41) is 4.92. The zero-order chi connectivity index (χ0) is 29.2. The molecule has 0 fully saturated rings. The van der Waals surface area contributed by atoms with E-state index in [4.69, 9.17) is 4.74 Å². The van der Waals surface area contributed by atoms with Gasteiger partial charge in [0.05, 0.1) is 7.11 Å². The minimum absolute atomic E-state index is 0.857. The van der Waals surface area contributed by atoms with Crippen molar-refractivity contribution >= 4 is 50.0 Å². The van der Waals surface area contributed by atoms with Crippen LogP contribution in [0, 0.1) is 0 Å². The number of hydrogen-bond acceptors (Lipinski definition) is 3. The Hall–Kier alpha value is -5.54. The fraction of sp³-hybridized carbons (Fsp3) is 0.0500. The molecule has 0 N–H and O–H groups in total. The molecule has 208 valence electrons. The second kappa shape index (κ2) is 11.4. The molecule has 0 saturated carbocycles. The average Bonchev–Trinajstić information content (AvgIpc) is 3.08. The van der Waals surface area contributed by atoms with E-state index in [2.05, 4.69) is 162 Å². The highest BCUT2D eigenvalue weighted by Crippen LogP contribution is 2.38. The standard InChI is InChI=1S/C40H32N2O/c1-41(36-23-25-40(43-2)26-24-36)35-17-11-31(12-18-35)32-13-19-37(20-14-32)42(38-21-15-29-7-3-5-9-33(29)27-38)39-22-16-30-8-4-6-10-34(30)28-39/h3-28H,1-2H3. The van der Waals surface area contributed by atoms with E-state index < -0.39 is 0 Å². The Morgan fingerprint density at radius 1 is 0.395 bits per heavy atom. The van der Waals surface area contributed by atoms with Gasteiger partial charge in [0.25, 0.3) is 0 Å². The van der Waals surface area contributed by atoms with Crippen LogP contribution in [0.5, 0.6) is 5.75 Å². The lowest BCUT2D eigenvalue weighted by atomic mass is 10.0. The number of hydrogen-bond donors (Lipinski definition) is 0. The number of nitrogens with zero attached hydrogens (tertiary/aromatic N) is 2. The number of anilines is 5. The first kappa shape index (κ1) is 26.4. The van der Waals surface area contributed by atoms with Gasteiger partial charge in [-0.2, -0.15) is 0 Å². The summed E-state index contributed by atoms with van der Waals surface area (Å²) in [6.07, 6.45) is 0. The van der Waals surface area contributed by atoms with Crippen LogP contribution in [0.25, 0.3) is 32.7 Å². The summed E-state index contributed by atoms with van der Waals surface area (Å²) in [7, 11) is 3.77. The second-order valence-corrected chi connectivity index (χ2v) is 10.7. The maximum atomic E-state index is 5.31. The zero-order valence-corrected chi connectivity index (χ0v) is 24.3. The maximum Gasteiger partial charge on any atom is 0.119 e. The lowest BCUT2D eigenvalue weighted by Crippen LogP contribution is -2.10. The number of ether oxygens (including phenoxy) is 1. The molecule has 0 aliphatic carbocycles. The normalized spacial score (nSPS) is 11.0. The van der Waals surface area contributed by atoms with Gasteiger partial charge in [-0.1, -0.05) is 84.9 Å². The molecule has 0 spiro atoms. The third-order valence-electron chi connectivity index (χ3n) is 8.16. The van der Waals surface area contributed by atoms with Gasteiger partial charge in [0.15, 0.2) is 0 Å². The molecule has 0 amide bonds. The van der Waals surface area contributed by atoms with E-state index in [0.717, 1.165) is 34.2 Å². The third-order valence-corrected chi connectivity index (χ3v) is 8.16. The second-order valence-electron chi connectivity index (χ2n) is 10.7. The summed E-state index contributed by atoms with van der Waals surface area (Å²) in [6.45, 7) is 0. The molecule has 0 atom stereocenters. The van der Waals surface area contributed by atoms with Gasteiger partial charge in [-0.15, -0.1) is 0 Å². The minimum atomic E-state index is 0.857. The molecule has 43 heavy (non-hydrogen) atoms. The summed E-state index contributed by atoms with van der Waals surface area (Å²) in [5.74, 6) is 0.857. The number of rotatable bonds is 7. The van der Waals surface area contributed by atoms with Crippen LogP contribution in [0.3, 0.4) is 0 Å². The first-order chi connectivity index (χ1) is 21.2. The Kier molecular flexibility index (Phi) is 6.98. The molecule has 0 saturated heterocycles. The van der Waals surface area contributed by atoms with Gasteiger partial charge < -0.3 is 14.5 Å². The van der Waals surface area contributed by atoms with Gasteiger partial charge in [0.2, 0.25) is 0 Å². The van der Waals surface area contributed by atoms with Crippen LogP contribution in [0.1, 0.15) is 0 Å². The lowest BCUT2D eigenvalue weighted by molar-refractivity contribution is 0.415. The Bertz CT molecular complexity index is 1930. The molecular formula is C40H32N2O. The first-order valence-electron chi connectivity index (χ1n) is 14.5. The maximum absolute atomic E-state index is 5.31. The molecule has 7 rings (SSSR count). The molecule has 0 aliphatic rings. The molecule has 0 unspecified atom stereocenters. The SMILES string of the molecule is COc1ccc(N(C)c2ccc(-c3ccc(N(c4ccc5ccccc5c4)c4ccc5ccccc5c4)cc3)cc2)cc1. The van der Waals surface area contributed by atoms with Gasteiger partial charge in [-0.3, -0.25) is 0 Å². The molecule has 7 aromatic rings. The minimum Gasteiger partial charge on any atom is -0.497 e. The van der Waals surface area contributed by atoms with Crippen LogP contribution in [0.15, 0.2) is 158 Å². The van der Waals surface area contributed by atoms with Crippen molar-refractivity contribution in [2.24, 2.45) is 0 Å². The Morgan fingerprint density at radius 2 is 0.791 bits per heavy atom. The van der Waals surface area contributed by atoms with Crippen LogP contribution < -0.4 is 14.5 Å². The van der Waals surface area contributed by atoms with Crippen molar-refractivity contribution < 1.29 is 4.74 Å². The summed E-state index contributed by atoms with van der Waals surface area (Å²) >= 11 is 0. The molecule has 3 heteroatoms. The predicted molar refractivity (Wildman–Crippen MR) is 183 cm³/mol. The fourth-order valence-corrected chi connectivity index (χ4v) is 5.71. The van der Waals surface area contributed by atoms with Crippen molar-refractivity contribution in [1.29, 1.82) is 0 Å². The van der Waals surface area contributed by atoms with E-state index in [1.807, 2.05) is 12.1 Å². The van der Waals surface area contributed by atoms with E-state index in [9.17, 15) is 0 Å². The zero-order valence-electron chi connectivity index (χ0n) is 24.3. The van der Waals surface area contributed by atoms with Crippen LogP contribution in [0.2, 0.25) is 0 Å². The molecule has 0 aliphatic heterocycles. The smallest absolute Gasteiger partial charge is 0.119 e. The molecule has 0 radical (unpaired) electrons. The molecule has 3 nitrogen and oxygen atoms in total. The van der Waals surface area contributed by atoms with E-state index in [0.29, 0.717) is 0 Å². The Morgan fingerprint density at radius 3 is 1.26 bits per heavy atom. The van der Waals surface area contributed by atoms with Crippen molar-refractivity contribution in [3.8, 4) is 16.9 Å². The average molecular weight is 557 g/mol. The summed E-state index contributed by atoms with van der Waals surface area (Å²) in [4.78, 5) is 4.52. The monoisotopic (exact) mass is 556 g/mol. The number of benzene rings is 7. The van der Waals surface area contributed by atoms with Gasteiger partial charge in [-0.05, 0) is 105 Å². The summed E-state index contributed by atoms with van der Waals surface area (Å²) < 4.78 is 5.31. The van der Waals surface area contributed by atoms with Crippen molar-refractivity contribution in [3.63, 3.8) is 0 Å². The number of methoxy groups -OCH3 is 1.